The predicted octanol–water partition coefficient (Wildman–Crippen LogP) is -0.633. The molecule has 2 rings (SSSR count). The van der Waals surface area contributed by atoms with Crippen LogP contribution in [0.5, 0.6) is 0 Å². The normalized spacial score (nSPS) is 11.3. The molecule has 0 aliphatic rings. The van der Waals surface area contributed by atoms with Crippen LogP contribution in [0, 0.1) is 5.21 Å². The van der Waals surface area contributed by atoms with Gasteiger partial charge in [-0.3, -0.25) is 19.2 Å². The molecule has 6 N–H and O–H groups in total. The lowest BCUT2D eigenvalue weighted by atomic mass is 10.1. The van der Waals surface area contributed by atoms with Gasteiger partial charge in [-0.2, -0.15) is 4.73 Å². The first-order valence-electron chi connectivity index (χ1n) is 9.89. The second kappa shape index (κ2) is 12.4. The topological polar surface area (TPSA) is 178 Å². The maximum Gasteiger partial charge on any atom is 0.312 e. The highest BCUT2D eigenvalue weighted by molar-refractivity contribution is 6.30. The maximum absolute atomic E-state index is 12.6. The van der Waals surface area contributed by atoms with Crippen molar-refractivity contribution in [2.45, 2.75) is 32.0 Å². The minimum absolute atomic E-state index is 0.140. The fourth-order valence-electron chi connectivity index (χ4n) is 2.93. The number of amides is 3. The third kappa shape index (κ3) is 8.39. The van der Waals surface area contributed by atoms with Crippen LogP contribution in [-0.2, 0) is 38.7 Å². The summed E-state index contributed by atoms with van der Waals surface area (Å²) in [5, 5.41) is 28.5. The Kier molecular flexibility index (Phi) is 9.58. The number of pyridine rings is 1. The highest BCUT2D eigenvalue weighted by atomic mass is 35.5. The number of aromatic nitrogens is 1. The molecule has 3 amide bonds. The van der Waals surface area contributed by atoms with Gasteiger partial charge in [-0.15, -0.1) is 0 Å². The van der Waals surface area contributed by atoms with Gasteiger partial charge in [0.15, 0.2) is 11.9 Å². The molecule has 0 saturated carbocycles. The fraction of sp³-hybridized carbons (Fsp3) is 0.286. The van der Waals surface area contributed by atoms with Crippen molar-refractivity contribution >= 4 is 35.3 Å². The van der Waals surface area contributed by atoms with E-state index in [9.17, 15) is 24.4 Å². The van der Waals surface area contributed by atoms with E-state index in [1.54, 1.807) is 24.3 Å². The van der Waals surface area contributed by atoms with E-state index < -0.39 is 42.7 Å². The van der Waals surface area contributed by atoms with Crippen molar-refractivity contribution in [3.63, 3.8) is 0 Å². The molecule has 11 nitrogen and oxygen atoms in total. The molecule has 0 spiro atoms. The smallest absolute Gasteiger partial charge is 0.312 e. The monoisotopic (exact) mass is 477 g/mol. The summed E-state index contributed by atoms with van der Waals surface area (Å²) in [5.41, 5.74) is 7.38. The Hall–Kier alpha value is -3.70. The average Bonchev–Trinajstić information content (AvgIpc) is 2.76. The van der Waals surface area contributed by atoms with E-state index in [2.05, 4.69) is 16.0 Å². The van der Waals surface area contributed by atoms with Crippen molar-refractivity contribution in [2.75, 3.05) is 6.54 Å². The van der Waals surface area contributed by atoms with Gasteiger partial charge in [-0.1, -0.05) is 23.7 Å². The standard InChI is InChI=1S/C21H24ClN5O6/c22-15-5-4-13(10-23)14(7-15)11-24-19(29)12-25-21(32)17(26-18(28)9-20(30)31)8-16-3-1-2-6-27(16)33/h1-7,17H,8-12,23H2,(H,24,29)(H,25,32)(H,26,28)(H,30,31). The maximum atomic E-state index is 12.6. The number of carboxylic acids is 1. The number of carbonyl (C=O) groups excluding carboxylic acids is 3. The number of nitrogens with zero attached hydrogens (tertiary/aromatic N) is 1. The molecule has 0 aliphatic carbocycles. The zero-order chi connectivity index (χ0) is 24.4. The molecule has 33 heavy (non-hydrogen) atoms. The average molecular weight is 478 g/mol. The number of rotatable bonds is 11. The van der Waals surface area contributed by atoms with Gasteiger partial charge in [0, 0.05) is 30.2 Å². The summed E-state index contributed by atoms with van der Waals surface area (Å²) in [7, 11) is 0. The minimum atomic E-state index is -1.37. The van der Waals surface area contributed by atoms with Gasteiger partial charge in [-0.05, 0) is 23.3 Å². The van der Waals surface area contributed by atoms with E-state index in [1.165, 1.54) is 18.3 Å². The largest absolute Gasteiger partial charge is 0.619 e. The summed E-state index contributed by atoms with van der Waals surface area (Å²) in [5.74, 6) is -3.54. The molecule has 0 fully saturated rings. The molecule has 176 valence electrons. The number of nitrogens with two attached hydrogens (primary N) is 1. The molecule has 2 aromatic rings. The second-order valence-electron chi connectivity index (χ2n) is 7.02. The summed E-state index contributed by atoms with van der Waals surface area (Å²) < 4.78 is 0.524. The summed E-state index contributed by atoms with van der Waals surface area (Å²) in [6.45, 7) is -0.00831. The highest BCUT2D eigenvalue weighted by Gasteiger charge is 2.25. The fourth-order valence-corrected chi connectivity index (χ4v) is 3.12. The molecule has 0 saturated heterocycles. The van der Waals surface area contributed by atoms with Crippen molar-refractivity contribution < 1.29 is 29.0 Å². The van der Waals surface area contributed by atoms with E-state index in [4.69, 9.17) is 22.4 Å². The lowest BCUT2D eigenvalue weighted by Gasteiger charge is -2.18. The summed E-state index contributed by atoms with van der Waals surface area (Å²) in [6, 6.07) is 8.39. The van der Waals surface area contributed by atoms with E-state index >= 15 is 0 Å². The number of carbonyl (C=O) groups is 4. The Bertz CT molecular complexity index is 1030. The summed E-state index contributed by atoms with van der Waals surface area (Å²) >= 11 is 5.97. The molecule has 0 bridgehead atoms. The quantitative estimate of drug-likeness (QED) is 0.162. The Balaban J connectivity index is 1.98. The van der Waals surface area contributed by atoms with Gasteiger partial charge < -0.3 is 32.0 Å². The number of benzene rings is 1. The van der Waals surface area contributed by atoms with Crippen LogP contribution in [0.2, 0.25) is 5.02 Å². The van der Waals surface area contributed by atoms with E-state index in [-0.39, 0.29) is 25.2 Å². The lowest BCUT2D eigenvalue weighted by molar-refractivity contribution is -0.614. The van der Waals surface area contributed by atoms with Gasteiger partial charge in [-0.25, -0.2) is 0 Å². The van der Waals surface area contributed by atoms with Crippen LogP contribution in [0.1, 0.15) is 23.2 Å². The molecule has 1 unspecified atom stereocenters. The zero-order valence-corrected chi connectivity index (χ0v) is 18.3. The summed E-state index contributed by atoms with van der Waals surface area (Å²) in [4.78, 5) is 47.4. The van der Waals surface area contributed by atoms with E-state index in [0.717, 1.165) is 11.1 Å². The first kappa shape index (κ1) is 25.6. The number of carboxylic acid groups (broad SMARTS) is 1. The van der Waals surface area contributed by atoms with Crippen LogP contribution >= 0.6 is 11.6 Å². The molecular weight excluding hydrogens is 454 g/mol. The number of aliphatic carboxylic acids is 1. The van der Waals surface area contributed by atoms with Crippen LogP contribution in [0.25, 0.3) is 0 Å². The molecule has 0 aliphatic heterocycles. The Labute approximate surface area is 194 Å². The van der Waals surface area contributed by atoms with E-state index in [0.29, 0.717) is 9.75 Å². The van der Waals surface area contributed by atoms with Crippen molar-refractivity contribution in [2.24, 2.45) is 5.73 Å². The number of halogens is 1. The molecule has 1 aromatic heterocycles. The minimum Gasteiger partial charge on any atom is -0.619 e. The molecular formula is C21H24ClN5O6. The second-order valence-corrected chi connectivity index (χ2v) is 7.46. The van der Waals surface area contributed by atoms with Gasteiger partial charge in [0.25, 0.3) is 0 Å². The van der Waals surface area contributed by atoms with Gasteiger partial charge >= 0.3 is 5.97 Å². The first-order valence-corrected chi connectivity index (χ1v) is 10.3. The Morgan fingerprint density at radius 3 is 2.52 bits per heavy atom. The number of hydrogen-bond acceptors (Lipinski definition) is 6. The third-order valence-corrected chi connectivity index (χ3v) is 4.80. The zero-order valence-electron chi connectivity index (χ0n) is 17.5. The SMILES string of the molecule is NCc1ccc(Cl)cc1CNC(=O)CNC(=O)C(Cc1cccc[n+]1[O-])NC(=O)CC(=O)O. The third-order valence-electron chi connectivity index (χ3n) is 4.57. The molecule has 1 heterocycles. The van der Waals surface area contributed by atoms with Crippen LogP contribution in [0.4, 0.5) is 0 Å². The van der Waals surface area contributed by atoms with Crippen LogP contribution in [0.3, 0.4) is 0 Å². The number of nitrogens with one attached hydrogen (secondary N) is 3. The van der Waals surface area contributed by atoms with Crippen molar-refractivity contribution in [1.29, 1.82) is 0 Å². The molecule has 0 radical (unpaired) electrons. The van der Waals surface area contributed by atoms with Gasteiger partial charge in [0.1, 0.15) is 12.5 Å². The van der Waals surface area contributed by atoms with Crippen molar-refractivity contribution in [1.82, 2.24) is 16.0 Å². The molecule has 1 aromatic carbocycles. The van der Waals surface area contributed by atoms with Gasteiger partial charge in [0.2, 0.25) is 17.7 Å². The predicted molar refractivity (Wildman–Crippen MR) is 117 cm³/mol. The molecule has 1 atom stereocenters. The van der Waals surface area contributed by atoms with Crippen LogP contribution < -0.4 is 26.4 Å². The van der Waals surface area contributed by atoms with E-state index in [1.807, 2.05) is 0 Å². The van der Waals surface area contributed by atoms with Crippen LogP contribution in [-0.4, -0.2) is 41.4 Å². The van der Waals surface area contributed by atoms with Crippen LogP contribution in [0.15, 0.2) is 42.6 Å². The van der Waals surface area contributed by atoms with Gasteiger partial charge in [0.05, 0.1) is 13.0 Å². The molecule has 12 heteroatoms. The lowest BCUT2D eigenvalue weighted by Crippen LogP contribution is -2.51. The first-order chi connectivity index (χ1) is 15.7. The Morgan fingerprint density at radius 1 is 1.09 bits per heavy atom. The highest BCUT2D eigenvalue weighted by Crippen LogP contribution is 2.15. The Morgan fingerprint density at radius 2 is 1.85 bits per heavy atom. The van der Waals surface area contributed by atoms with Crippen molar-refractivity contribution in [3.05, 3.63) is 69.6 Å². The number of hydrogen-bond donors (Lipinski definition) is 5. The van der Waals surface area contributed by atoms with Crippen molar-refractivity contribution in [3.8, 4) is 0 Å². The summed E-state index contributed by atoms with van der Waals surface area (Å²) in [6.07, 6.45) is 0.174.